The van der Waals surface area contributed by atoms with Crippen molar-refractivity contribution in [3.8, 4) is 5.75 Å². The maximum Gasteiger partial charge on any atom is 0.264 e. The van der Waals surface area contributed by atoms with Crippen molar-refractivity contribution >= 4 is 27.5 Å². The van der Waals surface area contributed by atoms with Crippen LogP contribution < -0.4 is 14.4 Å². The van der Waals surface area contributed by atoms with E-state index in [2.05, 4.69) is 5.32 Å². The van der Waals surface area contributed by atoms with Gasteiger partial charge < -0.3 is 15.0 Å². The van der Waals surface area contributed by atoms with Crippen molar-refractivity contribution in [2.75, 3.05) is 24.5 Å². The summed E-state index contributed by atoms with van der Waals surface area (Å²) in [6.07, 6.45) is 0. The molecule has 0 saturated heterocycles. The van der Waals surface area contributed by atoms with Gasteiger partial charge in [0.05, 0.1) is 17.7 Å². The highest BCUT2D eigenvalue weighted by Crippen LogP contribution is 2.28. The Labute approximate surface area is 225 Å². The van der Waals surface area contributed by atoms with Crippen molar-refractivity contribution in [2.45, 2.75) is 45.2 Å². The molecule has 1 atom stereocenters. The molecule has 0 aliphatic rings. The number of hydrogen-bond donors (Lipinski definition) is 1. The molecule has 0 saturated carbocycles. The molecule has 3 aromatic carbocycles. The van der Waals surface area contributed by atoms with Crippen molar-refractivity contribution in [1.82, 2.24) is 10.2 Å². The summed E-state index contributed by atoms with van der Waals surface area (Å²) in [5.74, 6) is -0.374. The van der Waals surface area contributed by atoms with Crippen LogP contribution in [0.4, 0.5) is 5.69 Å². The van der Waals surface area contributed by atoms with Crippen molar-refractivity contribution < 1.29 is 22.7 Å². The number of aryl methyl sites for hydroxylation is 2. The van der Waals surface area contributed by atoms with E-state index < -0.39 is 28.5 Å². The van der Waals surface area contributed by atoms with Gasteiger partial charge in [-0.25, -0.2) is 8.42 Å². The molecule has 1 N–H and O–H groups in total. The Morgan fingerprint density at radius 2 is 1.66 bits per heavy atom. The number of ether oxygens (including phenoxy) is 1. The van der Waals surface area contributed by atoms with Crippen LogP contribution in [0.2, 0.25) is 0 Å². The number of benzene rings is 3. The second kappa shape index (κ2) is 12.6. The Balaban J connectivity index is 2.06. The van der Waals surface area contributed by atoms with Gasteiger partial charge in [0, 0.05) is 19.2 Å². The predicted octanol–water partition coefficient (Wildman–Crippen LogP) is 4.06. The van der Waals surface area contributed by atoms with Crippen LogP contribution in [-0.4, -0.2) is 51.4 Å². The van der Waals surface area contributed by atoms with E-state index in [9.17, 15) is 18.0 Å². The van der Waals surface area contributed by atoms with E-state index in [-0.39, 0.29) is 23.0 Å². The number of rotatable bonds is 11. The van der Waals surface area contributed by atoms with Crippen LogP contribution in [0, 0.1) is 13.8 Å². The number of hydrogen-bond acceptors (Lipinski definition) is 5. The molecule has 3 aromatic rings. The molecule has 0 heterocycles. The van der Waals surface area contributed by atoms with Crippen LogP contribution in [0.15, 0.2) is 77.7 Å². The molecule has 0 fully saturated rings. The lowest BCUT2D eigenvalue weighted by Gasteiger charge is -2.32. The van der Waals surface area contributed by atoms with Crippen LogP contribution in [0.3, 0.4) is 0 Å². The largest absolute Gasteiger partial charge is 0.497 e. The van der Waals surface area contributed by atoms with Gasteiger partial charge >= 0.3 is 0 Å². The van der Waals surface area contributed by atoms with Crippen LogP contribution in [0.1, 0.15) is 30.5 Å². The lowest BCUT2D eigenvalue weighted by molar-refractivity contribution is -0.139. The summed E-state index contributed by atoms with van der Waals surface area (Å²) in [6.45, 7) is 7.31. The number of methoxy groups -OCH3 is 1. The smallest absolute Gasteiger partial charge is 0.264 e. The molecule has 0 unspecified atom stereocenters. The summed E-state index contributed by atoms with van der Waals surface area (Å²) in [6, 6.07) is 19.8. The maximum atomic E-state index is 13.9. The zero-order valence-corrected chi connectivity index (χ0v) is 23.3. The first-order chi connectivity index (χ1) is 18.1. The zero-order chi connectivity index (χ0) is 27.9. The summed E-state index contributed by atoms with van der Waals surface area (Å²) in [5.41, 5.74) is 3.02. The first-order valence-corrected chi connectivity index (χ1v) is 13.9. The Hall–Kier alpha value is -3.85. The van der Waals surface area contributed by atoms with Crippen molar-refractivity contribution in [1.29, 1.82) is 0 Å². The Morgan fingerprint density at radius 3 is 2.29 bits per heavy atom. The summed E-state index contributed by atoms with van der Waals surface area (Å²) in [4.78, 5) is 28.2. The fraction of sp³-hybridized carbons (Fsp3) is 0.310. The molecule has 0 aromatic heterocycles. The SMILES string of the molecule is CCNC(=O)[C@@H](C)N(Cc1ccccc1C)C(=O)CN(c1cccc(OC)c1)S(=O)(=O)c1ccc(C)cc1. The van der Waals surface area contributed by atoms with E-state index in [1.807, 2.05) is 38.1 Å². The van der Waals surface area contributed by atoms with Gasteiger partial charge in [0.25, 0.3) is 10.0 Å². The Kier molecular flexibility index (Phi) is 9.52. The normalized spacial score (nSPS) is 11.9. The van der Waals surface area contributed by atoms with E-state index in [1.54, 1.807) is 50.2 Å². The molecule has 3 rings (SSSR count). The molecule has 2 amide bonds. The van der Waals surface area contributed by atoms with E-state index in [0.717, 1.165) is 21.0 Å². The third-order valence-corrected chi connectivity index (χ3v) is 8.14. The number of amides is 2. The van der Waals surface area contributed by atoms with Crippen LogP contribution in [-0.2, 0) is 26.2 Å². The molecule has 0 spiro atoms. The number of carbonyl (C=O) groups excluding carboxylic acids is 2. The highest BCUT2D eigenvalue weighted by Gasteiger charge is 2.32. The quantitative estimate of drug-likeness (QED) is 0.398. The number of nitrogens with zero attached hydrogens (tertiary/aromatic N) is 2. The van der Waals surface area contributed by atoms with E-state index >= 15 is 0 Å². The van der Waals surface area contributed by atoms with Gasteiger partial charge in [-0.1, -0.05) is 48.0 Å². The van der Waals surface area contributed by atoms with Gasteiger partial charge in [0.1, 0.15) is 18.3 Å². The van der Waals surface area contributed by atoms with E-state index in [4.69, 9.17) is 4.74 Å². The molecule has 9 heteroatoms. The average Bonchev–Trinajstić information content (AvgIpc) is 2.91. The van der Waals surface area contributed by atoms with Gasteiger partial charge in [-0.3, -0.25) is 13.9 Å². The summed E-state index contributed by atoms with van der Waals surface area (Å²) < 4.78 is 34.1. The molecule has 0 bridgehead atoms. The standard InChI is InChI=1S/C29H35N3O5S/c1-6-30-29(34)23(4)31(19-24-11-8-7-10-22(24)3)28(33)20-32(25-12-9-13-26(18-25)37-5)38(35,36)27-16-14-21(2)15-17-27/h7-18,23H,6,19-20H2,1-5H3,(H,30,34)/t23-/m1/s1. The maximum absolute atomic E-state index is 13.9. The molecular formula is C29H35N3O5S. The van der Waals surface area contributed by atoms with Crippen molar-refractivity contribution in [3.05, 3.63) is 89.5 Å². The molecule has 0 radical (unpaired) electrons. The number of sulfonamides is 1. The summed E-state index contributed by atoms with van der Waals surface area (Å²) >= 11 is 0. The fourth-order valence-corrected chi connectivity index (χ4v) is 5.41. The lowest BCUT2D eigenvalue weighted by Crippen LogP contribution is -2.51. The van der Waals surface area contributed by atoms with Gasteiger partial charge in [0.15, 0.2) is 0 Å². The van der Waals surface area contributed by atoms with Crippen LogP contribution in [0.25, 0.3) is 0 Å². The molecule has 202 valence electrons. The monoisotopic (exact) mass is 537 g/mol. The molecule has 0 aliphatic heterocycles. The van der Waals surface area contributed by atoms with Crippen molar-refractivity contribution in [2.24, 2.45) is 0 Å². The highest BCUT2D eigenvalue weighted by atomic mass is 32.2. The van der Waals surface area contributed by atoms with Gasteiger partial charge in [-0.05, 0) is 63.1 Å². The second-order valence-electron chi connectivity index (χ2n) is 9.04. The van der Waals surface area contributed by atoms with Gasteiger partial charge in [-0.15, -0.1) is 0 Å². The number of likely N-dealkylation sites (N-methyl/N-ethyl adjacent to an activating group) is 1. The minimum absolute atomic E-state index is 0.0564. The topological polar surface area (TPSA) is 96.0 Å². The Bertz CT molecular complexity index is 1370. The van der Waals surface area contributed by atoms with Crippen LogP contribution >= 0.6 is 0 Å². The first-order valence-electron chi connectivity index (χ1n) is 12.4. The number of anilines is 1. The zero-order valence-electron chi connectivity index (χ0n) is 22.5. The molecule has 8 nitrogen and oxygen atoms in total. The molecule has 0 aliphatic carbocycles. The second-order valence-corrected chi connectivity index (χ2v) is 10.9. The first kappa shape index (κ1) is 28.7. The third kappa shape index (κ3) is 6.72. The van der Waals surface area contributed by atoms with E-state index in [0.29, 0.717) is 12.3 Å². The summed E-state index contributed by atoms with van der Waals surface area (Å²) in [5, 5.41) is 2.76. The fourth-order valence-electron chi connectivity index (χ4n) is 4.01. The number of nitrogens with one attached hydrogen (secondary N) is 1. The van der Waals surface area contributed by atoms with Gasteiger partial charge in [0.2, 0.25) is 11.8 Å². The summed E-state index contributed by atoms with van der Waals surface area (Å²) in [7, 11) is -2.64. The average molecular weight is 538 g/mol. The predicted molar refractivity (Wildman–Crippen MR) is 149 cm³/mol. The molecule has 38 heavy (non-hydrogen) atoms. The third-order valence-electron chi connectivity index (χ3n) is 6.35. The minimum Gasteiger partial charge on any atom is -0.497 e. The van der Waals surface area contributed by atoms with Gasteiger partial charge in [-0.2, -0.15) is 0 Å². The molecular weight excluding hydrogens is 502 g/mol. The lowest BCUT2D eigenvalue weighted by atomic mass is 10.1. The minimum atomic E-state index is -4.13. The highest BCUT2D eigenvalue weighted by molar-refractivity contribution is 7.92. The Morgan fingerprint density at radius 1 is 0.974 bits per heavy atom. The van der Waals surface area contributed by atoms with E-state index in [1.165, 1.54) is 24.1 Å². The number of carbonyl (C=O) groups is 2. The van der Waals surface area contributed by atoms with Crippen LogP contribution in [0.5, 0.6) is 5.75 Å². The van der Waals surface area contributed by atoms with Crippen molar-refractivity contribution in [3.63, 3.8) is 0 Å².